The molecule has 0 aliphatic heterocycles. The fraction of sp³-hybridized carbons (Fsp3) is 0.400. The fourth-order valence-electron chi connectivity index (χ4n) is 1.20. The second kappa shape index (κ2) is 5.21. The van der Waals surface area contributed by atoms with Gasteiger partial charge in [-0.1, -0.05) is 11.6 Å². The highest BCUT2D eigenvalue weighted by Crippen LogP contribution is 2.25. The Hall–Kier alpha value is -1.23. The number of nitrogens with zero attached hydrogens (tertiary/aromatic N) is 1. The van der Waals surface area contributed by atoms with Crippen LogP contribution in [0, 0.1) is 6.92 Å². The predicted octanol–water partition coefficient (Wildman–Crippen LogP) is 2.70. The molecule has 1 rings (SSSR count). The largest absolute Gasteiger partial charge is 0.469 e. The smallest absolute Gasteiger partial charge is 0.310 e. The van der Waals surface area contributed by atoms with E-state index >= 15 is 0 Å². The van der Waals surface area contributed by atoms with Crippen LogP contribution in [0.25, 0.3) is 0 Å². The standard InChI is InChI=1S/C10H10ClF2NO2/c1-5-7(11)3-6(4-8(15)16-2)9(14-5)10(12)13/h3,10H,4H2,1-2H3. The minimum absolute atomic E-state index is 0.0949. The van der Waals surface area contributed by atoms with Gasteiger partial charge in [0.15, 0.2) is 0 Å². The molecule has 0 aliphatic carbocycles. The van der Waals surface area contributed by atoms with Gasteiger partial charge >= 0.3 is 5.97 Å². The molecule has 0 fully saturated rings. The second-order valence-electron chi connectivity index (χ2n) is 3.15. The molecule has 0 saturated carbocycles. The van der Waals surface area contributed by atoms with Gasteiger partial charge in [0.05, 0.1) is 24.2 Å². The van der Waals surface area contributed by atoms with Crippen molar-refractivity contribution in [3.63, 3.8) is 0 Å². The zero-order valence-corrected chi connectivity index (χ0v) is 9.52. The average molecular weight is 250 g/mol. The Morgan fingerprint density at radius 1 is 1.62 bits per heavy atom. The van der Waals surface area contributed by atoms with Gasteiger partial charge in [0.25, 0.3) is 6.43 Å². The minimum atomic E-state index is -2.74. The first-order chi connectivity index (χ1) is 7.45. The number of ether oxygens (including phenoxy) is 1. The highest BCUT2D eigenvalue weighted by atomic mass is 35.5. The molecule has 0 atom stereocenters. The van der Waals surface area contributed by atoms with Crippen LogP contribution in [0.4, 0.5) is 8.78 Å². The Morgan fingerprint density at radius 2 is 2.25 bits per heavy atom. The van der Waals surface area contributed by atoms with Crippen LogP contribution in [0.2, 0.25) is 5.02 Å². The van der Waals surface area contributed by atoms with E-state index in [1.165, 1.54) is 20.1 Å². The van der Waals surface area contributed by atoms with E-state index in [1.54, 1.807) is 0 Å². The van der Waals surface area contributed by atoms with Crippen molar-refractivity contribution in [2.45, 2.75) is 19.8 Å². The number of carbonyl (C=O) groups excluding carboxylic acids is 1. The Balaban J connectivity index is 3.14. The molecule has 1 heterocycles. The summed E-state index contributed by atoms with van der Waals surface area (Å²) < 4.78 is 29.7. The van der Waals surface area contributed by atoms with E-state index in [2.05, 4.69) is 9.72 Å². The van der Waals surface area contributed by atoms with Crippen molar-refractivity contribution in [2.24, 2.45) is 0 Å². The molecule has 1 aromatic rings. The summed E-state index contributed by atoms with van der Waals surface area (Å²) >= 11 is 5.76. The van der Waals surface area contributed by atoms with Crippen LogP contribution >= 0.6 is 11.6 Å². The summed E-state index contributed by atoms with van der Waals surface area (Å²) in [6.45, 7) is 1.52. The van der Waals surface area contributed by atoms with Crippen molar-refractivity contribution < 1.29 is 18.3 Å². The number of esters is 1. The lowest BCUT2D eigenvalue weighted by molar-refractivity contribution is -0.139. The van der Waals surface area contributed by atoms with Crippen molar-refractivity contribution in [1.82, 2.24) is 4.98 Å². The summed E-state index contributed by atoms with van der Waals surface area (Å²) in [6.07, 6.45) is -3.00. The van der Waals surface area contributed by atoms with E-state index in [1.807, 2.05) is 0 Å². The Kier molecular flexibility index (Phi) is 4.18. The van der Waals surface area contributed by atoms with Crippen LogP contribution in [-0.2, 0) is 16.0 Å². The monoisotopic (exact) mass is 249 g/mol. The molecule has 0 saturated heterocycles. The Bertz CT molecular complexity index is 410. The summed E-state index contributed by atoms with van der Waals surface area (Å²) in [4.78, 5) is 14.7. The molecule has 0 unspecified atom stereocenters. The first-order valence-corrected chi connectivity index (χ1v) is 4.84. The highest BCUT2D eigenvalue weighted by Gasteiger charge is 2.19. The third kappa shape index (κ3) is 2.88. The van der Waals surface area contributed by atoms with Gasteiger partial charge in [-0.15, -0.1) is 0 Å². The highest BCUT2D eigenvalue weighted by molar-refractivity contribution is 6.31. The van der Waals surface area contributed by atoms with Crippen molar-refractivity contribution in [1.29, 1.82) is 0 Å². The van der Waals surface area contributed by atoms with Gasteiger partial charge < -0.3 is 4.74 Å². The molecule has 88 valence electrons. The van der Waals surface area contributed by atoms with Gasteiger partial charge in [0.1, 0.15) is 5.69 Å². The van der Waals surface area contributed by atoms with Crippen molar-refractivity contribution >= 4 is 17.6 Å². The third-order valence-corrected chi connectivity index (χ3v) is 2.42. The predicted molar refractivity (Wildman–Crippen MR) is 54.7 cm³/mol. The average Bonchev–Trinajstić information content (AvgIpc) is 2.22. The molecule has 0 amide bonds. The first kappa shape index (κ1) is 12.8. The Morgan fingerprint density at radius 3 is 2.75 bits per heavy atom. The molecule has 0 spiro atoms. The van der Waals surface area contributed by atoms with E-state index in [0.29, 0.717) is 5.69 Å². The lowest BCUT2D eigenvalue weighted by Crippen LogP contribution is -2.09. The van der Waals surface area contributed by atoms with Gasteiger partial charge in [-0.05, 0) is 18.6 Å². The molecule has 0 radical (unpaired) electrons. The number of methoxy groups -OCH3 is 1. The minimum Gasteiger partial charge on any atom is -0.469 e. The molecule has 0 aliphatic rings. The van der Waals surface area contributed by atoms with E-state index in [9.17, 15) is 13.6 Å². The lowest BCUT2D eigenvalue weighted by atomic mass is 10.1. The van der Waals surface area contributed by atoms with Gasteiger partial charge in [-0.25, -0.2) is 8.78 Å². The quantitative estimate of drug-likeness (QED) is 0.773. The van der Waals surface area contributed by atoms with Crippen LogP contribution in [0.5, 0.6) is 0 Å². The zero-order chi connectivity index (χ0) is 12.3. The van der Waals surface area contributed by atoms with Crippen LogP contribution in [0.3, 0.4) is 0 Å². The summed E-state index contributed by atoms with van der Waals surface area (Å²) in [7, 11) is 1.19. The molecule has 6 heteroatoms. The van der Waals surface area contributed by atoms with Gasteiger partial charge in [0.2, 0.25) is 0 Å². The number of pyridine rings is 1. The van der Waals surface area contributed by atoms with Crippen LogP contribution in [-0.4, -0.2) is 18.1 Å². The van der Waals surface area contributed by atoms with E-state index in [4.69, 9.17) is 11.6 Å². The maximum absolute atomic E-state index is 12.6. The number of aromatic nitrogens is 1. The van der Waals surface area contributed by atoms with Crippen molar-refractivity contribution in [3.8, 4) is 0 Å². The maximum Gasteiger partial charge on any atom is 0.310 e. The third-order valence-electron chi connectivity index (χ3n) is 2.03. The van der Waals surface area contributed by atoms with E-state index in [-0.39, 0.29) is 17.0 Å². The number of hydrogen-bond donors (Lipinski definition) is 0. The fourth-order valence-corrected chi connectivity index (χ4v) is 1.37. The van der Waals surface area contributed by atoms with Gasteiger partial charge in [-0.3, -0.25) is 9.78 Å². The summed E-state index contributed by atoms with van der Waals surface area (Å²) in [5.41, 5.74) is -0.0182. The second-order valence-corrected chi connectivity index (χ2v) is 3.56. The molecule has 0 N–H and O–H groups in total. The topological polar surface area (TPSA) is 39.2 Å². The normalized spacial score (nSPS) is 10.6. The maximum atomic E-state index is 12.6. The number of carbonyl (C=O) groups is 1. The van der Waals surface area contributed by atoms with Crippen molar-refractivity contribution in [2.75, 3.05) is 7.11 Å². The van der Waals surface area contributed by atoms with Gasteiger partial charge in [0, 0.05) is 0 Å². The van der Waals surface area contributed by atoms with Gasteiger partial charge in [-0.2, -0.15) is 0 Å². The molecular formula is C10H10ClF2NO2. The number of alkyl halides is 2. The number of halogens is 3. The lowest BCUT2D eigenvalue weighted by Gasteiger charge is -2.09. The molecular weight excluding hydrogens is 240 g/mol. The molecule has 0 bridgehead atoms. The summed E-state index contributed by atoms with van der Waals surface area (Å²) in [5, 5.41) is 0.253. The van der Waals surface area contributed by atoms with Crippen LogP contribution in [0.15, 0.2) is 6.07 Å². The van der Waals surface area contributed by atoms with Crippen molar-refractivity contribution in [3.05, 3.63) is 28.0 Å². The molecule has 0 aromatic carbocycles. The van der Waals surface area contributed by atoms with Crippen LogP contribution in [0.1, 0.15) is 23.4 Å². The molecule has 3 nitrogen and oxygen atoms in total. The molecule has 16 heavy (non-hydrogen) atoms. The number of aryl methyl sites for hydroxylation is 1. The van der Waals surface area contributed by atoms with E-state index < -0.39 is 18.1 Å². The number of rotatable bonds is 3. The summed E-state index contributed by atoms with van der Waals surface area (Å²) in [6, 6.07) is 1.32. The molecule has 1 aromatic heterocycles. The first-order valence-electron chi connectivity index (χ1n) is 4.46. The van der Waals surface area contributed by atoms with Crippen LogP contribution < -0.4 is 0 Å². The summed E-state index contributed by atoms with van der Waals surface area (Å²) in [5.74, 6) is -0.608. The SMILES string of the molecule is COC(=O)Cc1cc(Cl)c(C)nc1C(F)F. The van der Waals surface area contributed by atoms with E-state index in [0.717, 1.165) is 0 Å². The Labute approximate surface area is 96.4 Å². The number of hydrogen-bond acceptors (Lipinski definition) is 3. The zero-order valence-electron chi connectivity index (χ0n) is 8.76.